The minimum absolute atomic E-state index is 0.0451. The number of amides is 1. The molecule has 1 amide bonds. The fraction of sp³-hybridized carbons (Fsp3) is 0.533. The molecule has 23 heavy (non-hydrogen) atoms. The number of aromatic nitrogens is 4. The van der Waals surface area contributed by atoms with Crippen LogP contribution in [0.3, 0.4) is 0 Å². The minimum atomic E-state index is -0.0451. The van der Waals surface area contributed by atoms with E-state index in [0.29, 0.717) is 23.9 Å². The predicted molar refractivity (Wildman–Crippen MR) is 92.1 cm³/mol. The monoisotopic (exact) mass is 349 g/mol. The Hall–Kier alpha value is -1.54. The second-order valence-corrected chi connectivity index (χ2v) is 7.41. The van der Waals surface area contributed by atoms with E-state index in [2.05, 4.69) is 25.5 Å². The molecule has 0 unspecified atom stereocenters. The van der Waals surface area contributed by atoms with Crippen LogP contribution < -0.4 is 5.32 Å². The second-order valence-electron chi connectivity index (χ2n) is 5.63. The van der Waals surface area contributed by atoms with Crippen molar-refractivity contribution in [2.24, 2.45) is 0 Å². The first-order chi connectivity index (χ1) is 11.1. The number of thioether (sulfide) groups is 1. The van der Waals surface area contributed by atoms with Gasteiger partial charge in [0.05, 0.1) is 0 Å². The first-order valence-corrected chi connectivity index (χ1v) is 9.62. The number of carbonyl (C=O) groups excluding carboxylic acids is 1. The van der Waals surface area contributed by atoms with E-state index in [1.165, 1.54) is 35.9 Å². The summed E-state index contributed by atoms with van der Waals surface area (Å²) in [5, 5.41) is 13.4. The molecule has 0 aliphatic heterocycles. The smallest absolute Gasteiger partial charge is 0.226 e. The van der Waals surface area contributed by atoms with Crippen LogP contribution >= 0.6 is 23.1 Å². The maximum atomic E-state index is 12.1. The van der Waals surface area contributed by atoms with Crippen LogP contribution in [0.4, 0.5) is 5.13 Å². The van der Waals surface area contributed by atoms with Gasteiger partial charge in [0.25, 0.3) is 0 Å². The van der Waals surface area contributed by atoms with Crippen molar-refractivity contribution >= 4 is 34.1 Å². The van der Waals surface area contributed by atoms with Crippen molar-refractivity contribution in [3.63, 3.8) is 0 Å². The molecule has 1 saturated carbocycles. The maximum absolute atomic E-state index is 12.1. The van der Waals surface area contributed by atoms with Crippen molar-refractivity contribution in [3.05, 3.63) is 22.0 Å². The summed E-state index contributed by atoms with van der Waals surface area (Å²) in [5.74, 6) is 0.520. The van der Waals surface area contributed by atoms with Gasteiger partial charge < -0.3 is 5.32 Å². The summed E-state index contributed by atoms with van der Waals surface area (Å²) in [5.41, 5.74) is 2.94. The predicted octanol–water partition coefficient (Wildman–Crippen LogP) is 3.12. The molecule has 2 aromatic rings. The molecule has 1 aliphatic carbocycles. The van der Waals surface area contributed by atoms with Gasteiger partial charge in [-0.25, -0.2) is 9.97 Å². The number of anilines is 1. The molecule has 122 valence electrons. The second kappa shape index (κ2) is 6.92. The van der Waals surface area contributed by atoms with Crippen LogP contribution in [0, 0.1) is 13.8 Å². The number of carbonyl (C=O) groups is 1. The van der Waals surface area contributed by atoms with E-state index in [-0.39, 0.29) is 5.91 Å². The van der Waals surface area contributed by atoms with E-state index in [4.69, 9.17) is 0 Å². The van der Waals surface area contributed by atoms with Crippen LogP contribution in [0.25, 0.3) is 0 Å². The normalized spacial score (nSPS) is 14.0. The summed E-state index contributed by atoms with van der Waals surface area (Å²) in [6.45, 7) is 3.93. The third-order valence-corrected chi connectivity index (χ3v) is 5.35. The Morgan fingerprint density at radius 3 is 2.57 bits per heavy atom. The standard InChI is InChI=1S/C15H19N5OS2/c1-8-11(9(2)17-14(16-8)22-3)6-7-12(21)18-15-20-19-13(23-15)10-4-5-10/h10H,4-7H2,1-3H3,(H,18,20,21). The lowest BCUT2D eigenvalue weighted by Gasteiger charge is -2.09. The average molecular weight is 349 g/mol. The lowest BCUT2D eigenvalue weighted by atomic mass is 10.1. The number of rotatable bonds is 6. The van der Waals surface area contributed by atoms with Gasteiger partial charge in [-0.15, -0.1) is 10.2 Å². The molecule has 6 nitrogen and oxygen atoms in total. The Morgan fingerprint density at radius 1 is 1.26 bits per heavy atom. The van der Waals surface area contributed by atoms with Gasteiger partial charge in [0.15, 0.2) is 5.16 Å². The molecule has 0 aromatic carbocycles. The van der Waals surface area contributed by atoms with Gasteiger partial charge in [0.2, 0.25) is 11.0 Å². The van der Waals surface area contributed by atoms with Crippen LogP contribution in [0.2, 0.25) is 0 Å². The van der Waals surface area contributed by atoms with Crippen LogP contribution in [-0.2, 0) is 11.2 Å². The first kappa shape index (κ1) is 16.3. The highest BCUT2D eigenvalue weighted by molar-refractivity contribution is 7.98. The molecule has 1 fully saturated rings. The van der Waals surface area contributed by atoms with Gasteiger partial charge >= 0.3 is 0 Å². The third kappa shape index (κ3) is 4.06. The summed E-state index contributed by atoms with van der Waals surface area (Å²) in [6.07, 6.45) is 5.36. The lowest BCUT2D eigenvalue weighted by Crippen LogP contribution is -2.13. The first-order valence-electron chi connectivity index (χ1n) is 7.58. The molecule has 1 aliphatic rings. The highest BCUT2D eigenvalue weighted by Gasteiger charge is 2.27. The van der Waals surface area contributed by atoms with E-state index in [9.17, 15) is 4.79 Å². The van der Waals surface area contributed by atoms with Crippen molar-refractivity contribution in [2.75, 3.05) is 11.6 Å². The quantitative estimate of drug-likeness (QED) is 0.637. The molecule has 2 heterocycles. The van der Waals surface area contributed by atoms with E-state index in [1.54, 1.807) is 0 Å². The fourth-order valence-electron chi connectivity index (χ4n) is 2.36. The third-order valence-electron chi connectivity index (χ3n) is 3.80. The number of aryl methyl sites for hydroxylation is 2. The van der Waals surface area contributed by atoms with E-state index < -0.39 is 0 Å². The molecule has 0 radical (unpaired) electrons. The molecule has 0 saturated heterocycles. The van der Waals surface area contributed by atoms with E-state index in [0.717, 1.165) is 27.1 Å². The fourth-order valence-corrected chi connectivity index (χ4v) is 3.75. The van der Waals surface area contributed by atoms with Crippen LogP contribution in [0.1, 0.15) is 47.1 Å². The van der Waals surface area contributed by atoms with Crippen molar-refractivity contribution in [1.29, 1.82) is 0 Å². The van der Waals surface area contributed by atoms with Gasteiger partial charge in [-0.05, 0) is 44.9 Å². The molecule has 0 bridgehead atoms. The van der Waals surface area contributed by atoms with Gasteiger partial charge in [0, 0.05) is 23.7 Å². The minimum Gasteiger partial charge on any atom is -0.301 e. The summed E-state index contributed by atoms with van der Waals surface area (Å²) < 4.78 is 0. The lowest BCUT2D eigenvalue weighted by molar-refractivity contribution is -0.116. The summed E-state index contributed by atoms with van der Waals surface area (Å²) >= 11 is 3.01. The van der Waals surface area contributed by atoms with Crippen molar-refractivity contribution in [3.8, 4) is 0 Å². The molecular weight excluding hydrogens is 330 g/mol. The van der Waals surface area contributed by atoms with Crippen LogP contribution in [-0.4, -0.2) is 32.3 Å². The Kier molecular flexibility index (Phi) is 4.91. The zero-order valence-electron chi connectivity index (χ0n) is 13.4. The Balaban J connectivity index is 1.58. The Labute approximate surface area is 143 Å². The highest BCUT2D eigenvalue weighted by atomic mass is 32.2. The van der Waals surface area contributed by atoms with Gasteiger partial charge in [0.1, 0.15) is 5.01 Å². The largest absolute Gasteiger partial charge is 0.301 e. The van der Waals surface area contributed by atoms with E-state index >= 15 is 0 Å². The summed E-state index contributed by atoms with van der Waals surface area (Å²) in [6, 6.07) is 0. The molecular formula is C15H19N5OS2. The number of nitrogens with one attached hydrogen (secondary N) is 1. The zero-order chi connectivity index (χ0) is 16.4. The molecule has 2 aromatic heterocycles. The van der Waals surface area contributed by atoms with Crippen molar-refractivity contribution in [1.82, 2.24) is 20.2 Å². The zero-order valence-corrected chi connectivity index (χ0v) is 15.1. The number of hydrogen-bond donors (Lipinski definition) is 1. The van der Waals surface area contributed by atoms with Gasteiger partial charge in [-0.1, -0.05) is 23.1 Å². The van der Waals surface area contributed by atoms with E-state index in [1.807, 2.05) is 20.1 Å². The van der Waals surface area contributed by atoms with Crippen molar-refractivity contribution in [2.45, 2.75) is 50.6 Å². The molecule has 8 heteroatoms. The molecule has 1 N–H and O–H groups in total. The van der Waals surface area contributed by atoms with Gasteiger partial charge in [-0.2, -0.15) is 0 Å². The summed E-state index contributed by atoms with van der Waals surface area (Å²) in [7, 11) is 0. The maximum Gasteiger partial charge on any atom is 0.226 e. The number of hydrogen-bond acceptors (Lipinski definition) is 7. The highest BCUT2D eigenvalue weighted by Crippen LogP contribution is 2.42. The molecule has 0 spiro atoms. The molecule has 0 atom stereocenters. The Morgan fingerprint density at radius 2 is 1.96 bits per heavy atom. The molecule has 3 rings (SSSR count). The SMILES string of the molecule is CSc1nc(C)c(CCC(=O)Nc2nnc(C3CC3)s2)c(C)n1. The topological polar surface area (TPSA) is 80.7 Å². The Bertz CT molecular complexity index is 703. The van der Waals surface area contributed by atoms with Crippen LogP contribution in [0.15, 0.2) is 5.16 Å². The average Bonchev–Trinajstić information content (AvgIpc) is 3.26. The number of nitrogens with zero attached hydrogens (tertiary/aromatic N) is 4. The van der Waals surface area contributed by atoms with Gasteiger partial charge in [-0.3, -0.25) is 4.79 Å². The summed E-state index contributed by atoms with van der Waals surface area (Å²) in [4.78, 5) is 21.0. The van der Waals surface area contributed by atoms with Crippen molar-refractivity contribution < 1.29 is 4.79 Å². The van der Waals surface area contributed by atoms with Crippen LogP contribution in [0.5, 0.6) is 0 Å².